The molecule has 1 fully saturated rings. The third-order valence-electron chi connectivity index (χ3n) is 7.68. The topological polar surface area (TPSA) is 124 Å². The summed E-state index contributed by atoms with van der Waals surface area (Å²) < 4.78 is 25.3. The molecular formula is C27H26FN7O4. The lowest BCUT2D eigenvalue weighted by Crippen LogP contribution is -2.45. The van der Waals surface area contributed by atoms with Gasteiger partial charge < -0.3 is 29.3 Å². The summed E-state index contributed by atoms with van der Waals surface area (Å²) in [5.74, 6) is -0.292. The quantitative estimate of drug-likeness (QED) is 0.304. The maximum absolute atomic E-state index is 15.7. The molecule has 0 bridgehead atoms. The second-order valence-electron chi connectivity index (χ2n) is 10.3. The van der Waals surface area contributed by atoms with Crippen LogP contribution in [0.2, 0.25) is 0 Å². The Balaban J connectivity index is 1.40. The number of piperazine rings is 1. The molecule has 0 saturated carbocycles. The Kier molecular flexibility index (Phi) is 5.11. The van der Waals surface area contributed by atoms with Crippen LogP contribution < -0.4 is 15.1 Å². The van der Waals surface area contributed by atoms with E-state index in [9.17, 15) is 15.0 Å². The predicted molar refractivity (Wildman–Crippen MR) is 143 cm³/mol. The highest BCUT2D eigenvalue weighted by atomic mass is 19.1. The van der Waals surface area contributed by atoms with Crippen molar-refractivity contribution < 1.29 is 19.3 Å². The molecule has 1 saturated heterocycles. The van der Waals surface area contributed by atoms with Gasteiger partial charge in [-0.15, -0.1) is 10.2 Å². The minimum Gasteiger partial charge on any atom is -0.504 e. The lowest BCUT2D eigenvalue weighted by Gasteiger charge is -2.37. The number of pyridine rings is 1. The molecule has 1 unspecified atom stereocenters. The van der Waals surface area contributed by atoms with Crippen molar-refractivity contribution in [1.82, 2.24) is 29.3 Å². The molecule has 0 radical (unpaired) electrons. The van der Waals surface area contributed by atoms with Crippen molar-refractivity contribution in [3.05, 3.63) is 52.6 Å². The lowest BCUT2D eigenvalue weighted by atomic mass is 10.0. The van der Waals surface area contributed by atoms with Gasteiger partial charge in [0.25, 0.3) is 0 Å². The Bertz CT molecular complexity index is 1830. The molecule has 2 aliphatic heterocycles. The van der Waals surface area contributed by atoms with E-state index in [2.05, 4.69) is 20.2 Å². The smallest absolute Gasteiger partial charge is 0.200 e. The molecule has 2 aliphatic rings. The van der Waals surface area contributed by atoms with Crippen LogP contribution in [0.15, 0.2) is 41.3 Å². The van der Waals surface area contributed by atoms with Gasteiger partial charge in [0.2, 0.25) is 5.43 Å². The number of phenols is 2. The average Bonchev–Trinajstić information content (AvgIpc) is 3.51. The van der Waals surface area contributed by atoms with Gasteiger partial charge in [0, 0.05) is 44.0 Å². The molecule has 3 N–H and O–H groups in total. The number of aromatic nitrogens is 5. The van der Waals surface area contributed by atoms with E-state index >= 15 is 4.39 Å². The van der Waals surface area contributed by atoms with E-state index in [0.717, 1.165) is 13.1 Å². The molecular weight excluding hydrogens is 505 g/mol. The van der Waals surface area contributed by atoms with E-state index in [4.69, 9.17) is 4.74 Å². The fourth-order valence-corrected chi connectivity index (χ4v) is 5.49. The minimum atomic E-state index is -0.488. The highest BCUT2D eigenvalue weighted by molar-refractivity contribution is 5.94. The van der Waals surface area contributed by atoms with Crippen LogP contribution in [0, 0.1) is 5.82 Å². The zero-order valence-electron chi connectivity index (χ0n) is 21.3. The summed E-state index contributed by atoms with van der Waals surface area (Å²) in [4.78, 5) is 18.0. The van der Waals surface area contributed by atoms with Crippen molar-refractivity contribution in [2.75, 3.05) is 44.7 Å². The molecule has 39 heavy (non-hydrogen) atoms. The number of nitrogens with zero attached hydrogens (tertiary/aromatic N) is 6. The number of ether oxygens (including phenoxy) is 1. The number of nitrogens with one attached hydrogen (secondary N) is 1. The van der Waals surface area contributed by atoms with Crippen molar-refractivity contribution >= 4 is 22.2 Å². The van der Waals surface area contributed by atoms with Gasteiger partial charge in [0.15, 0.2) is 34.5 Å². The molecule has 5 heterocycles. The average molecular weight is 532 g/mol. The summed E-state index contributed by atoms with van der Waals surface area (Å²) in [6.07, 6.45) is 1.75. The highest BCUT2D eigenvalue weighted by Crippen LogP contribution is 2.42. The van der Waals surface area contributed by atoms with Crippen molar-refractivity contribution in [1.29, 1.82) is 0 Å². The van der Waals surface area contributed by atoms with Crippen LogP contribution >= 0.6 is 0 Å². The van der Waals surface area contributed by atoms with Crippen LogP contribution in [0.1, 0.15) is 13.0 Å². The highest BCUT2D eigenvalue weighted by Gasteiger charge is 2.31. The molecule has 12 heteroatoms. The second kappa shape index (κ2) is 8.46. The fourth-order valence-electron chi connectivity index (χ4n) is 5.49. The number of benzene rings is 2. The molecule has 11 nitrogen and oxygen atoms in total. The van der Waals surface area contributed by atoms with Crippen LogP contribution in [0.3, 0.4) is 0 Å². The van der Waals surface area contributed by atoms with Gasteiger partial charge in [-0.2, -0.15) is 0 Å². The molecule has 7 rings (SSSR count). The lowest BCUT2D eigenvalue weighted by molar-refractivity contribution is 0.245. The maximum atomic E-state index is 15.7. The number of aromatic hydroxyl groups is 2. The van der Waals surface area contributed by atoms with Crippen molar-refractivity contribution in [2.45, 2.75) is 13.0 Å². The van der Waals surface area contributed by atoms with Gasteiger partial charge in [0.05, 0.1) is 28.2 Å². The first kappa shape index (κ1) is 23.5. The van der Waals surface area contributed by atoms with Gasteiger partial charge in [-0.1, -0.05) is 0 Å². The Morgan fingerprint density at radius 1 is 1.08 bits per heavy atom. The minimum absolute atomic E-state index is 0.104. The molecule has 2 aromatic carbocycles. The van der Waals surface area contributed by atoms with Gasteiger partial charge in [0.1, 0.15) is 12.3 Å². The molecule has 0 amide bonds. The summed E-state index contributed by atoms with van der Waals surface area (Å²) in [5.41, 5.74) is 2.54. The Hall–Kier alpha value is -4.58. The van der Waals surface area contributed by atoms with E-state index in [1.165, 1.54) is 18.2 Å². The van der Waals surface area contributed by atoms with E-state index in [1.54, 1.807) is 22.8 Å². The monoisotopic (exact) mass is 531 g/mol. The van der Waals surface area contributed by atoms with Crippen LogP contribution in [0.25, 0.3) is 39.2 Å². The predicted octanol–water partition coefficient (Wildman–Crippen LogP) is 2.96. The number of rotatable bonds is 3. The number of anilines is 1. The number of hydrogen-bond donors (Lipinski definition) is 3. The fraction of sp³-hybridized carbons (Fsp3) is 0.296. The third kappa shape index (κ3) is 3.55. The van der Waals surface area contributed by atoms with E-state index in [0.29, 0.717) is 53.6 Å². The molecule has 3 aromatic heterocycles. The number of aromatic amines is 1. The van der Waals surface area contributed by atoms with Crippen molar-refractivity contribution in [3.8, 4) is 39.9 Å². The molecule has 0 spiro atoms. The van der Waals surface area contributed by atoms with E-state index < -0.39 is 5.82 Å². The summed E-state index contributed by atoms with van der Waals surface area (Å²) >= 11 is 0. The first-order chi connectivity index (χ1) is 18.8. The molecule has 200 valence electrons. The Morgan fingerprint density at radius 2 is 1.87 bits per heavy atom. The largest absolute Gasteiger partial charge is 0.504 e. The standard InChI is InChI=1S/C27H26FN7O4/c1-14-13-39-26-23-16(10-18(28)24(26)33-7-5-32(2)6-8-33)25(38)17(12-34(14)23)27-30-29-22-11-19(31-35(22)27)15-3-4-20(36)21(37)9-15/h3-4,9-12,14,31,36-37H,5-8,13H2,1-2H3. The molecule has 0 aliphatic carbocycles. The van der Waals surface area contributed by atoms with Crippen molar-refractivity contribution in [2.24, 2.45) is 0 Å². The van der Waals surface area contributed by atoms with Gasteiger partial charge in [-0.3, -0.25) is 9.89 Å². The first-order valence-electron chi connectivity index (χ1n) is 12.7. The Labute approximate surface area is 221 Å². The number of likely N-dealkylation sites (N-methyl/N-ethyl adjacent to an activating group) is 1. The first-order valence-corrected chi connectivity index (χ1v) is 12.7. The van der Waals surface area contributed by atoms with Gasteiger partial charge in [-0.25, -0.2) is 8.91 Å². The molecule has 1 atom stereocenters. The van der Waals surface area contributed by atoms with Crippen molar-refractivity contribution in [3.63, 3.8) is 0 Å². The van der Waals surface area contributed by atoms with Crippen LogP contribution in [-0.2, 0) is 0 Å². The van der Waals surface area contributed by atoms with E-state index in [-0.39, 0.29) is 39.7 Å². The van der Waals surface area contributed by atoms with Crippen LogP contribution in [-0.4, -0.2) is 79.3 Å². The Morgan fingerprint density at radius 3 is 2.64 bits per heavy atom. The SMILES string of the molecule is CC1COc2c(N3CCN(C)CC3)c(F)cc3c(=O)c(-c4nnc5cc(-c6ccc(O)c(O)c6)[nH]n45)cn1c23. The summed E-state index contributed by atoms with van der Waals surface area (Å²) in [6.45, 7) is 5.27. The number of phenolic OH excluding ortho intramolecular Hbond substituents is 2. The number of hydrogen-bond acceptors (Lipinski definition) is 8. The van der Waals surface area contributed by atoms with Crippen LogP contribution in [0.4, 0.5) is 10.1 Å². The van der Waals surface area contributed by atoms with E-state index in [1.807, 2.05) is 23.4 Å². The third-order valence-corrected chi connectivity index (χ3v) is 7.68. The molecule has 5 aromatic rings. The zero-order valence-corrected chi connectivity index (χ0v) is 21.3. The summed E-state index contributed by atoms with van der Waals surface area (Å²) in [5, 5.41) is 31.4. The number of fused-ring (bicyclic) bond motifs is 1. The summed E-state index contributed by atoms with van der Waals surface area (Å²) in [7, 11) is 2.04. The second-order valence-corrected chi connectivity index (χ2v) is 10.3. The number of halogens is 1. The summed E-state index contributed by atoms with van der Waals surface area (Å²) in [6, 6.07) is 7.39. The number of H-pyrrole nitrogens is 1. The van der Waals surface area contributed by atoms with Crippen LogP contribution in [0.5, 0.6) is 17.2 Å². The maximum Gasteiger partial charge on any atom is 0.200 e. The van der Waals surface area contributed by atoms with Gasteiger partial charge >= 0.3 is 0 Å². The normalized spacial score (nSPS) is 17.7. The van der Waals surface area contributed by atoms with Gasteiger partial charge in [-0.05, 0) is 38.2 Å². The zero-order chi connectivity index (χ0) is 27.0.